The lowest BCUT2D eigenvalue weighted by atomic mass is 9.87. The molecule has 3 rings (SSSR count). The van der Waals surface area contributed by atoms with E-state index in [1.165, 1.54) is 12.2 Å². The minimum absolute atomic E-state index is 0.202. The molecule has 1 aliphatic carbocycles. The first-order valence-electron chi connectivity index (χ1n) is 10.8. The van der Waals surface area contributed by atoms with Crippen LogP contribution in [-0.2, 0) is 19.1 Å². The van der Waals surface area contributed by atoms with Crippen molar-refractivity contribution in [2.24, 2.45) is 5.41 Å². The Hall–Kier alpha value is -4.06. The molecule has 0 N–H and O–H groups in total. The molecule has 2 aromatic carbocycles. The van der Waals surface area contributed by atoms with Crippen LogP contribution in [0, 0.1) is 5.41 Å². The topological polar surface area (TPSA) is 71.1 Å². The number of allylic oxidation sites excluding steroid dienone is 2. The fraction of sp³-hybridized carbons (Fsp3) is 0.214. The molecule has 34 heavy (non-hydrogen) atoms. The molecule has 0 saturated heterocycles. The summed E-state index contributed by atoms with van der Waals surface area (Å²) in [5.74, 6) is 1.32. The number of benzene rings is 2. The van der Waals surface area contributed by atoms with Crippen molar-refractivity contribution >= 4 is 24.1 Å². The third-order valence-corrected chi connectivity index (χ3v) is 4.93. The Balaban J connectivity index is 1.57. The van der Waals surface area contributed by atoms with Gasteiger partial charge in [-0.25, -0.2) is 9.59 Å². The van der Waals surface area contributed by atoms with Gasteiger partial charge in [-0.15, -0.1) is 0 Å². The molecule has 2 aromatic rings. The second kappa shape index (κ2) is 11.2. The summed E-state index contributed by atoms with van der Waals surface area (Å²) in [6.07, 6.45) is 9.93. The van der Waals surface area contributed by atoms with Gasteiger partial charge in [0.15, 0.2) is 0 Å². The highest BCUT2D eigenvalue weighted by Crippen LogP contribution is 2.32. The van der Waals surface area contributed by atoms with E-state index in [0.29, 0.717) is 11.5 Å². The lowest BCUT2D eigenvalue weighted by Gasteiger charge is -2.24. The molecule has 0 amide bonds. The molecule has 6 nitrogen and oxygen atoms in total. The standard InChI is InChI=1S/C28H28O6/c1-28(2)18-24(33-26(29)15-9-20-5-11-22(31-3)12-6-20)17-25(19-28)34-27(30)16-10-21-7-13-23(32-4)14-8-21/h5-16,18-19H,17H2,1-4H3/b15-9+,16-10+. The molecule has 6 heteroatoms. The number of hydrogen-bond acceptors (Lipinski definition) is 6. The first-order valence-corrected chi connectivity index (χ1v) is 10.8. The van der Waals surface area contributed by atoms with Gasteiger partial charge in [-0.1, -0.05) is 38.1 Å². The number of carbonyl (C=O) groups is 2. The van der Waals surface area contributed by atoms with E-state index in [0.717, 1.165) is 22.6 Å². The number of methoxy groups -OCH3 is 2. The fourth-order valence-electron chi connectivity index (χ4n) is 3.36. The monoisotopic (exact) mass is 460 g/mol. The number of carbonyl (C=O) groups excluding carboxylic acids is 2. The molecule has 0 radical (unpaired) electrons. The quantitative estimate of drug-likeness (QED) is 0.371. The largest absolute Gasteiger partial charge is 0.497 e. The minimum atomic E-state index is -0.509. The van der Waals surface area contributed by atoms with Crippen molar-refractivity contribution in [3.8, 4) is 11.5 Å². The highest BCUT2D eigenvalue weighted by Gasteiger charge is 2.24. The average Bonchev–Trinajstić information content (AvgIpc) is 2.81. The van der Waals surface area contributed by atoms with Gasteiger partial charge in [0.05, 0.1) is 20.6 Å². The summed E-state index contributed by atoms with van der Waals surface area (Å²) in [6, 6.07) is 14.6. The zero-order valence-electron chi connectivity index (χ0n) is 19.7. The minimum Gasteiger partial charge on any atom is -0.497 e. The van der Waals surface area contributed by atoms with Crippen molar-refractivity contribution in [2.45, 2.75) is 20.3 Å². The summed E-state index contributed by atoms with van der Waals surface area (Å²) in [5.41, 5.74) is 1.24. The lowest BCUT2D eigenvalue weighted by Crippen LogP contribution is -2.16. The predicted molar refractivity (Wildman–Crippen MR) is 131 cm³/mol. The summed E-state index contributed by atoms with van der Waals surface area (Å²) in [7, 11) is 3.19. The van der Waals surface area contributed by atoms with Gasteiger partial charge in [-0.2, -0.15) is 0 Å². The van der Waals surface area contributed by atoms with E-state index in [-0.39, 0.29) is 6.42 Å². The predicted octanol–water partition coefficient (Wildman–Crippen LogP) is 5.71. The van der Waals surface area contributed by atoms with E-state index in [2.05, 4.69) is 0 Å². The smallest absolute Gasteiger partial charge is 0.335 e. The van der Waals surface area contributed by atoms with Crippen molar-refractivity contribution < 1.29 is 28.5 Å². The van der Waals surface area contributed by atoms with Crippen molar-refractivity contribution in [2.75, 3.05) is 14.2 Å². The van der Waals surface area contributed by atoms with Gasteiger partial charge < -0.3 is 18.9 Å². The second-order valence-electron chi connectivity index (χ2n) is 8.27. The molecule has 0 atom stereocenters. The Morgan fingerprint density at radius 3 is 1.44 bits per heavy atom. The summed E-state index contributed by atoms with van der Waals surface area (Å²) in [5, 5.41) is 0. The molecule has 176 valence electrons. The number of hydrogen-bond donors (Lipinski definition) is 0. The van der Waals surface area contributed by atoms with Gasteiger partial charge in [0.2, 0.25) is 0 Å². The number of rotatable bonds is 8. The van der Waals surface area contributed by atoms with E-state index in [1.807, 2.05) is 74.5 Å². The van der Waals surface area contributed by atoms with Crippen LogP contribution in [0.2, 0.25) is 0 Å². The van der Waals surface area contributed by atoms with E-state index in [4.69, 9.17) is 18.9 Å². The Bertz CT molecular complexity index is 1040. The van der Waals surface area contributed by atoms with E-state index >= 15 is 0 Å². The Labute approximate surface area is 199 Å². The number of esters is 2. The van der Waals surface area contributed by atoms with Crippen LogP contribution in [0.4, 0.5) is 0 Å². The lowest BCUT2D eigenvalue weighted by molar-refractivity contribution is -0.134. The van der Waals surface area contributed by atoms with Crippen LogP contribution in [0.5, 0.6) is 11.5 Å². The molecule has 0 aliphatic heterocycles. The molecular formula is C28H28O6. The van der Waals surface area contributed by atoms with E-state index < -0.39 is 17.4 Å². The highest BCUT2D eigenvalue weighted by molar-refractivity contribution is 5.88. The summed E-state index contributed by atoms with van der Waals surface area (Å²) >= 11 is 0. The van der Waals surface area contributed by atoms with Crippen LogP contribution >= 0.6 is 0 Å². The first-order chi connectivity index (χ1) is 16.3. The SMILES string of the molecule is COc1ccc(/C=C/C(=O)OC2=CC(C)(C)C=C(OC(=O)/C=C/c3ccc(OC)cc3)C2)cc1. The van der Waals surface area contributed by atoms with Gasteiger partial charge in [0.25, 0.3) is 0 Å². The van der Waals surface area contributed by atoms with Gasteiger partial charge >= 0.3 is 11.9 Å². The zero-order chi connectivity index (χ0) is 24.6. The van der Waals surface area contributed by atoms with Gasteiger partial charge in [-0.05, 0) is 59.7 Å². The van der Waals surface area contributed by atoms with Crippen molar-refractivity contribution in [3.63, 3.8) is 0 Å². The van der Waals surface area contributed by atoms with Crippen LogP contribution in [0.3, 0.4) is 0 Å². The highest BCUT2D eigenvalue weighted by atomic mass is 16.6. The zero-order valence-corrected chi connectivity index (χ0v) is 19.7. The third-order valence-electron chi connectivity index (χ3n) is 4.93. The Morgan fingerprint density at radius 2 is 1.09 bits per heavy atom. The molecule has 0 unspecified atom stereocenters. The Kier molecular flexibility index (Phi) is 8.09. The molecule has 0 aromatic heterocycles. The van der Waals surface area contributed by atoms with Crippen LogP contribution in [0.15, 0.2) is 84.4 Å². The molecule has 0 bridgehead atoms. The molecule has 0 heterocycles. The van der Waals surface area contributed by atoms with Crippen molar-refractivity contribution in [1.29, 1.82) is 0 Å². The number of ether oxygens (including phenoxy) is 4. The fourth-order valence-corrected chi connectivity index (χ4v) is 3.36. The first kappa shape index (κ1) is 24.6. The average molecular weight is 461 g/mol. The van der Waals surface area contributed by atoms with Gasteiger partial charge in [0.1, 0.15) is 23.0 Å². The van der Waals surface area contributed by atoms with Crippen LogP contribution < -0.4 is 9.47 Å². The molecular weight excluding hydrogens is 432 g/mol. The maximum Gasteiger partial charge on any atom is 0.335 e. The van der Waals surface area contributed by atoms with Crippen molar-refractivity contribution in [1.82, 2.24) is 0 Å². The Morgan fingerprint density at radius 1 is 0.706 bits per heavy atom. The van der Waals surface area contributed by atoms with E-state index in [1.54, 1.807) is 26.4 Å². The molecule has 0 saturated carbocycles. The maximum absolute atomic E-state index is 12.3. The van der Waals surface area contributed by atoms with Crippen LogP contribution in [-0.4, -0.2) is 26.2 Å². The van der Waals surface area contributed by atoms with Crippen LogP contribution in [0.1, 0.15) is 31.4 Å². The summed E-state index contributed by atoms with van der Waals surface area (Å²) in [6.45, 7) is 3.88. The summed E-state index contributed by atoms with van der Waals surface area (Å²) in [4.78, 5) is 24.7. The van der Waals surface area contributed by atoms with Gasteiger partial charge in [-0.3, -0.25) is 0 Å². The summed E-state index contributed by atoms with van der Waals surface area (Å²) < 4.78 is 21.3. The molecule has 0 spiro atoms. The maximum atomic E-state index is 12.3. The van der Waals surface area contributed by atoms with Gasteiger partial charge in [0, 0.05) is 17.6 Å². The van der Waals surface area contributed by atoms with E-state index in [9.17, 15) is 9.59 Å². The van der Waals surface area contributed by atoms with Crippen LogP contribution in [0.25, 0.3) is 12.2 Å². The van der Waals surface area contributed by atoms with Crippen molar-refractivity contribution in [3.05, 3.63) is 95.5 Å². The second-order valence-corrected chi connectivity index (χ2v) is 8.27. The third kappa shape index (κ3) is 7.52. The normalized spacial score (nSPS) is 14.9. The molecule has 1 aliphatic rings. The molecule has 0 fully saturated rings.